The normalized spacial score (nSPS) is 14.7. The number of aryl methyl sites for hydroxylation is 1. The molecule has 8 nitrogen and oxygen atoms in total. The van der Waals surface area contributed by atoms with E-state index in [0.29, 0.717) is 19.5 Å². The fraction of sp³-hybridized carbons (Fsp3) is 0.524. The molecule has 3 rings (SSSR count). The van der Waals surface area contributed by atoms with Gasteiger partial charge in [0, 0.05) is 63.6 Å². The van der Waals surface area contributed by atoms with Gasteiger partial charge in [-0.2, -0.15) is 4.37 Å². The third kappa shape index (κ3) is 6.41. The predicted molar refractivity (Wildman–Crippen MR) is 122 cm³/mol. The van der Waals surface area contributed by atoms with Crippen LogP contribution in [0.15, 0.2) is 35.3 Å². The fourth-order valence-electron chi connectivity index (χ4n) is 3.20. The number of nitrogens with one attached hydrogen (secondary N) is 2. The first-order valence-corrected chi connectivity index (χ1v) is 11.4. The van der Waals surface area contributed by atoms with Gasteiger partial charge in [0.05, 0.1) is 6.54 Å². The van der Waals surface area contributed by atoms with Gasteiger partial charge in [-0.15, -0.1) is 0 Å². The lowest BCUT2D eigenvalue weighted by atomic mass is 10.2. The molecule has 162 valence electrons. The van der Waals surface area contributed by atoms with Crippen molar-refractivity contribution in [2.75, 3.05) is 44.2 Å². The van der Waals surface area contributed by atoms with Crippen molar-refractivity contribution in [1.82, 2.24) is 24.9 Å². The molecule has 9 heteroatoms. The minimum atomic E-state index is 0.0197. The van der Waals surface area contributed by atoms with Crippen molar-refractivity contribution in [3.8, 4) is 0 Å². The summed E-state index contributed by atoms with van der Waals surface area (Å²) in [6.45, 7) is 9.48. The number of nitrogens with zero attached hydrogens (tertiary/aromatic N) is 5. The standard InChI is InChI=1S/C21H31N7OS/c1-3-18-25-21(30-26-18)28-14-12-27(13-15-28)20(22-4-2)23-11-10-19(29)24-16-17-8-6-5-7-9-17/h5-9H,3-4,10-16H2,1-2H3,(H,22,23)(H,24,29). The number of piperazine rings is 1. The summed E-state index contributed by atoms with van der Waals surface area (Å²) < 4.78 is 4.39. The molecule has 0 radical (unpaired) electrons. The minimum absolute atomic E-state index is 0.0197. The highest BCUT2D eigenvalue weighted by molar-refractivity contribution is 7.09. The van der Waals surface area contributed by atoms with E-state index in [1.807, 2.05) is 30.3 Å². The van der Waals surface area contributed by atoms with Gasteiger partial charge in [-0.25, -0.2) is 4.98 Å². The number of anilines is 1. The van der Waals surface area contributed by atoms with Crippen molar-refractivity contribution in [2.24, 2.45) is 4.99 Å². The number of rotatable bonds is 8. The number of benzene rings is 1. The van der Waals surface area contributed by atoms with E-state index in [1.165, 1.54) is 11.5 Å². The monoisotopic (exact) mass is 429 g/mol. The molecule has 1 aliphatic rings. The molecular weight excluding hydrogens is 398 g/mol. The lowest BCUT2D eigenvalue weighted by Crippen LogP contribution is -2.52. The summed E-state index contributed by atoms with van der Waals surface area (Å²) in [5.74, 6) is 1.81. The Kier molecular flexibility index (Phi) is 8.43. The van der Waals surface area contributed by atoms with Crippen molar-refractivity contribution in [3.63, 3.8) is 0 Å². The van der Waals surface area contributed by atoms with Crippen LogP contribution in [0, 0.1) is 0 Å². The summed E-state index contributed by atoms with van der Waals surface area (Å²) in [5, 5.41) is 7.31. The average Bonchev–Trinajstić information content (AvgIpc) is 3.27. The Morgan fingerprint density at radius 3 is 2.57 bits per heavy atom. The van der Waals surface area contributed by atoms with Gasteiger partial charge in [-0.05, 0) is 12.5 Å². The van der Waals surface area contributed by atoms with Gasteiger partial charge >= 0.3 is 0 Å². The summed E-state index contributed by atoms with van der Waals surface area (Å²) in [6.07, 6.45) is 1.25. The van der Waals surface area contributed by atoms with Crippen LogP contribution in [-0.2, 0) is 17.8 Å². The third-order valence-electron chi connectivity index (χ3n) is 4.89. The van der Waals surface area contributed by atoms with Gasteiger partial charge in [-0.1, -0.05) is 37.3 Å². The molecule has 30 heavy (non-hydrogen) atoms. The van der Waals surface area contributed by atoms with Crippen molar-refractivity contribution in [3.05, 3.63) is 41.7 Å². The van der Waals surface area contributed by atoms with Gasteiger partial charge in [0.15, 0.2) is 5.96 Å². The van der Waals surface area contributed by atoms with Crippen LogP contribution in [0.1, 0.15) is 31.7 Å². The van der Waals surface area contributed by atoms with Crippen molar-refractivity contribution >= 4 is 28.5 Å². The largest absolute Gasteiger partial charge is 0.357 e. The van der Waals surface area contributed by atoms with E-state index in [1.54, 1.807) is 0 Å². The number of hydrogen-bond acceptors (Lipinski definition) is 6. The van der Waals surface area contributed by atoms with Gasteiger partial charge in [0.25, 0.3) is 0 Å². The van der Waals surface area contributed by atoms with E-state index >= 15 is 0 Å². The Labute approximate surface area is 182 Å². The number of hydrogen-bond donors (Lipinski definition) is 2. The smallest absolute Gasteiger partial charge is 0.222 e. The molecule has 0 aliphatic carbocycles. The lowest BCUT2D eigenvalue weighted by molar-refractivity contribution is -0.121. The zero-order chi connectivity index (χ0) is 21.2. The minimum Gasteiger partial charge on any atom is -0.357 e. The zero-order valence-corrected chi connectivity index (χ0v) is 18.6. The molecule has 1 fully saturated rings. The van der Waals surface area contributed by atoms with Gasteiger partial charge in [0.2, 0.25) is 11.0 Å². The van der Waals surface area contributed by atoms with Crippen LogP contribution in [0.3, 0.4) is 0 Å². The van der Waals surface area contributed by atoms with E-state index in [9.17, 15) is 4.79 Å². The van der Waals surface area contributed by atoms with Crippen LogP contribution in [-0.4, -0.2) is 65.4 Å². The highest BCUT2D eigenvalue weighted by Gasteiger charge is 2.22. The second kappa shape index (κ2) is 11.5. The topological polar surface area (TPSA) is 85.8 Å². The van der Waals surface area contributed by atoms with Crippen molar-refractivity contribution in [2.45, 2.75) is 33.2 Å². The fourth-order valence-corrected chi connectivity index (χ4v) is 4.00. The molecule has 1 aromatic carbocycles. The Balaban J connectivity index is 1.45. The number of aliphatic imine (C=N–C) groups is 1. The van der Waals surface area contributed by atoms with Crippen molar-refractivity contribution in [1.29, 1.82) is 0 Å². The first kappa shape index (κ1) is 22.0. The third-order valence-corrected chi connectivity index (χ3v) is 5.71. The molecule has 0 spiro atoms. The Morgan fingerprint density at radius 2 is 1.90 bits per heavy atom. The summed E-state index contributed by atoms with van der Waals surface area (Å²) in [4.78, 5) is 25.9. The number of aromatic nitrogens is 2. The molecule has 1 saturated heterocycles. The number of carbonyl (C=O) groups excluding carboxylic acids is 1. The molecule has 1 aromatic heterocycles. The quantitative estimate of drug-likeness (QED) is 0.492. The van der Waals surface area contributed by atoms with E-state index in [2.05, 4.69) is 48.6 Å². The number of amides is 1. The first-order chi connectivity index (χ1) is 14.7. The highest BCUT2D eigenvalue weighted by atomic mass is 32.1. The lowest BCUT2D eigenvalue weighted by Gasteiger charge is -2.36. The zero-order valence-electron chi connectivity index (χ0n) is 17.8. The highest BCUT2D eigenvalue weighted by Crippen LogP contribution is 2.19. The van der Waals surface area contributed by atoms with Crippen LogP contribution in [0.2, 0.25) is 0 Å². The molecular formula is C21H31N7OS. The van der Waals surface area contributed by atoms with Crippen LogP contribution in [0.25, 0.3) is 0 Å². The SMILES string of the molecule is CCNC(=NCCC(=O)NCc1ccccc1)N1CCN(c2nc(CC)ns2)CC1. The molecule has 0 bridgehead atoms. The number of guanidine groups is 1. The average molecular weight is 430 g/mol. The van der Waals surface area contributed by atoms with Crippen molar-refractivity contribution < 1.29 is 4.79 Å². The van der Waals surface area contributed by atoms with E-state index < -0.39 is 0 Å². The summed E-state index contributed by atoms with van der Waals surface area (Å²) >= 11 is 1.48. The van der Waals surface area contributed by atoms with E-state index in [4.69, 9.17) is 0 Å². The van der Waals surface area contributed by atoms with Crippen LogP contribution >= 0.6 is 11.5 Å². The summed E-state index contributed by atoms with van der Waals surface area (Å²) in [7, 11) is 0. The van der Waals surface area contributed by atoms with E-state index in [0.717, 1.165) is 61.6 Å². The molecule has 0 unspecified atom stereocenters. The van der Waals surface area contributed by atoms with Crippen LogP contribution in [0.4, 0.5) is 5.13 Å². The molecule has 2 N–H and O–H groups in total. The molecule has 1 amide bonds. The Morgan fingerprint density at radius 1 is 1.13 bits per heavy atom. The molecule has 1 aliphatic heterocycles. The maximum absolute atomic E-state index is 12.1. The molecule has 2 heterocycles. The van der Waals surface area contributed by atoms with Gasteiger partial charge in [-0.3, -0.25) is 9.79 Å². The maximum atomic E-state index is 12.1. The predicted octanol–water partition coefficient (Wildman–Crippen LogP) is 1.89. The Hall–Kier alpha value is -2.68. The maximum Gasteiger partial charge on any atom is 0.222 e. The second-order valence-electron chi connectivity index (χ2n) is 7.07. The van der Waals surface area contributed by atoms with Crippen LogP contribution in [0.5, 0.6) is 0 Å². The van der Waals surface area contributed by atoms with Gasteiger partial charge in [0.1, 0.15) is 5.82 Å². The Bertz CT molecular complexity index is 816. The first-order valence-electron chi connectivity index (χ1n) is 10.6. The second-order valence-corrected chi connectivity index (χ2v) is 7.80. The van der Waals surface area contributed by atoms with E-state index in [-0.39, 0.29) is 5.91 Å². The number of carbonyl (C=O) groups is 1. The van der Waals surface area contributed by atoms with Gasteiger partial charge < -0.3 is 20.4 Å². The molecule has 2 aromatic rings. The summed E-state index contributed by atoms with van der Waals surface area (Å²) in [6, 6.07) is 9.93. The molecule has 0 atom stereocenters. The summed E-state index contributed by atoms with van der Waals surface area (Å²) in [5.41, 5.74) is 1.10. The molecule has 0 saturated carbocycles. The van der Waals surface area contributed by atoms with Crippen LogP contribution < -0.4 is 15.5 Å².